The molecular weight excluding hydrogens is 236 g/mol. The van der Waals surface area contributed by atoms with E-state index in [0.29, 0.717) is 12.0 Å². The van der Waals surface area contributed by atoms with E-state index >= 15 is 0 Å². The molecule has 4 saturated carbocycles. The number of hydrogen-bond acceptors (Lipinski definition) is 2. The largest absolute Gasteiger partial charge is 0.397 e. The van der Waals surface area contributed by atoms with Gasteiger partial charge in [0.25, 0.3) is 0 Å². The summed E-state index contributed by atoms with van der Waals surface area (Å²) in [7, 11) is 0. The molecule has 4 rings (SSSR count). The zero-order valence-corrected chi connectivity index (χ0v) is 12.5. The minimum Gasteiger partial charge on any atom is -0.397 e. The summed E-state index contributed by atoms with van der Waals surface area (Å²) < 4.78 is 0. The molecule has 110 valence electrons. The van der Waals surface area contributed by atoms with Crippen LogP contribution in [0, 0.1) is 40.9 Å². The molecule has 4 aliphatic carbocycles. The number of aliphatic hydroxyl groups is 2. The first-order valence-corrected chi connectivity index (χ1v) is 8.42. The van der Waals surface area contributed by atoms with Crippen LogP contribution in [-0.4, -0.2) is 23.4 Å². The second-order valence-corrected chi connectivity index (χ2v) is 7.48. The summed E-state index contributed by atoms with van der Waals surface area (Å²) in [6, 6.07) is 0. The number of aliphatic hydroxyl groups excluding tert-OH is 2. The van der Waals surface area contributed by atoms with Crippen molar-refractivity contribution in [2.75, 3.05) is 13.2 Å². The molecule has 7 unspecified atom stereocenters. The highest BCUT2D eigenvalue weighted by Gasteiger charge is 2.65. The second-order valence-electron chi connectivity index (χ2n) is 7.48. The van der Waals surface area contributed by atoms with Crippen LogP contribution >= 0.6 is 0 Å². The van der Waals surface area contributed by atoms with Gasteiger partial charge in [-0.1, -0.05) is 6.92 Å². The monoisotopic (exact) mass is 266 g/mol. The lowest BCUT2D eigenvalue weighted by atomic mass is 9.60. The predicted molar refractivity (Wildman–Crippen MR) is 76.6 cm³/mol. The van der Waals surface area contributed by atoms with Crippen LogP contribution in [0.5, 0.6) is 0 Å². The van der Waals surface area contributed by atoms with Gasteiger partial charge in [-0.05, 0) is 86.4 Å². The van der Waals surface area contributed by atoms with Crippen molar-refractivity contribution in [2.24, 2.45) is 40.9 Å². The summed E-state index contributed by atoms with van der Waals surface area (Å²) in [5.74, 6) is 6.17. The van der Waals surface area contributed by atoms with Crippen molar-refractivity contribution < 1.29 is 10.2 Å². The maximum absolute atomic E-state index is 9.83. The van der Waals surface area contributed by atoms with E-state index in [1.54, 1.807) is 13.3 Å². The molecule has 0 amide bonds. The summed E-state index contributed by atoms with van der Waals surface area (Å²) in [6.45, 7) is 4.70. The Morgan fingerprint density at radius 1 is 0.947 bits per heavy atom. The van der Waals surface area contributed by atoms with Gasteiger partial charge in [-0.15, -0.1) is 0 Å². The van der Waals surface area contributed by atoms with Gasteiger partial charge in [0, 0.05) is 13.2 Å². The molecule has 4 bridgehead atoms. The van der Waals surface area contributed by atoms with E-state index in [1.165, 1.54) is 32.1 Å². The van der Waals surface area contributed by atoms with Crippen LogP contribution in [0.4, 0.5) is 0 Å². The molecule has 7 atom stereocenters. The second kappa shape index (κ2) is 5.04. The molecule has 0 aromatic rings. The van der Waals surface area contributed by atoms with Crippen LogP contribution < -0.4 is 0 Å². The quantitative estimate of drug-likeness (QED) is 0.754. The highest BCUT2D eigenvalue weighted by atomic mass is 16.3. The van der Waals surface area contributed by atoms with Crippen molar-refractivity contribution in [3.8, 4) is 0 Å². The predicted octanol–water partition coefficient (Wildman–Crippen LogP) is 3.08. The minimum absolute atomic E-state index is 0.250. The van der Waals surface area contributed by atoms with Gasteiger partial charge in [0.2, 0.25) is 0 Å². The number of hydrogen-bond donors (Lipinski definition) is 2. The van der Waals surface area contributed by atoms with Crippen molar-refractivity contribution >= 4 is 0 Å². The standard InChI is InChI=1S/C15H24O.C2H6O/c1-2-15(8-16)7-11-6-12(15)14-10-4-3-9(5-10)13(11)14;1-2-3/h9-14,16H,2-8H2,1H3;3H,2H2,1H3. The lowest BCUT2D eigenvalue weighted by Crippen LogP contribution is -2.41. The van der Waals surface area contributed by atoms with Crippen LogP contribution in [0.25, 0.3) is 0 Å². The van der Waals surface area contributed by atoms with Crippen LogP contribution in [-0.2, 0) is 0 Å². The summed E-state index contributed by atoms with van der Waals surface area (Å²) >= 11 is 0. The molecule has 0 heterocycles. The molecule has 0 saturated heterocycles. The molecule has 0 radical (unpaired) electrons. The van der Waals surface area contributed by atoms with E-state index in [0.717, 1.165) is 35.5 Å². The third kappa shape index (κ3) is 1.82. The molecule has 2 nitrogen and oxygen atoms in total. The van der Waals surface area contributed by atoms with Gasteiger partial charge < -0.3 is 10.2 Å². The van der Waals surface area contributed by atoms with Gasteiger partial charge in [-0.3, -0.25) is 0 Å². The number of rotatable bonds is 2. The molecule has 4 fully saturated rings. The van der Waals surface area contributed by atoms with Crippen LogP contribution in [0.1, 0.15) is 52.4 Å². The van der Waals surface area contributed by atoms with Gasteiger partial charge in [0.1, 0.15) is 0 Å². The average Bonchev–Trinajstić information content (AvgIpc) is 3.16. The Morgan fingerprint density at radius 3 is 2.16 bits per heavy atom. The Kier molecular flexibility index (Phi) is 3.68. The minimum atomic E-state index is 0.250. The zero-order valence-electron chi connectivity index (χ0n) is 12.5. The SMILES string of the molecule is CCC1(CO)CC2CC1C1C3CCC(C3)C21.CCO. The van der Waals surface area contributed by atoms with Crippen molar-refractivity contribution in [1.82, 2.24) is 0 Å². The lowest BCUT2D eigenvalue weighted by Gasteiger charge is -2.45. The third-order valence-electron chi connectivity index (χ3n) is 7.09. The van der Waals surface area contributed by atoms with E-state index in [4.69, 9.17) is 5.11 Å². The Balaban J connectivity index is 0.000000339. The van der Waals surface area contributed by atoms with Crippen LogP contribution in [0.3, 0.4) is 0 Å². The molecule has 0 aromatic carbocycles. The molecule has 0 aromatic heterocycles. The van der Waals surface area contributed by atoms with Gasteiger partial charge in [-0.2, -0.15) is 0 Å². The molecule has 2 heteroatoms. The van der Waals surface area contributed by atoms with Gasteiger partial charge in [-0.25, -0.2) is 0 Å². The van der Waals surface area contributed by atoms with Gasteiger partial charge >= 0.3 is 0 Å². The molecule has 2 N–H and O–H groups in total. The molecule has 0 spiro atoms. The average molecular weight is 266 g/mol. The Bertz CT molecular complexity index is 323. The topological polar surface area (TPSA) is 40.5 Å². The smallest absolute Gasteiger partial charge is 0.0490 e. The number of fused-ring (bicyclic) bond motifs is 9. The summed E-state index contributed by atoms with van der Waals surface area (Å²) in [4.78, 5) is 0. The third-order valence-corrected chi connectivity index (χ3v) is 7.09. The normalized spacial score (nSPS) is 53.1. The molecule has 4 aliphatic rings. The van der Waals surface area contributed by atoms with Crippen LogP contribution in [0.15, 0.2) is 0 Å². The fourth-order valence-corrected chi connectivity index (χ4v) is 6.57. The molecule has 0 aliphatic heterocycles. The first kappa shape index (κ1) is 13.9. The van der Waals surface area contributed by atoms with E-state index < -0.39 is 0 Å². The van der Waals surface area contributed by atoms with E-state index in [9.17, 15) is 5.11 Å². The summed E-state index contributed by atoms with van der Waals surface area (Å²) in [6.07, 6.45) is 8.64. The van der Waals surface area contributed by atoms with Crippen molar-refractivity contribution in [2.45, 2.75) is 52.4 Å². The van der Waals surface area contributed by atoms with E-state index in [1.807, 2.05) is 0 Å². The fraction of sp³-hybridized carbons (Fsp3) is 1.00. The van der Waals surface area contributed by atoms with Crippen LogP contribution in [0.2, 0.25) is 0 Å². The highest BCUT2D eigenvalue weighted by molar-refractivity contribution is 5.14. The lowest BCUT2D eigenvalue weighted by molar-refractivity contribution is -0.0101. The van der Waals surface area contributed by atoms with Gasteiger partial charge in [0.15, 0.2) is 0 Å². The fourth-order valence-electron chi connectivity index (χ4n) is 6.57. The Labute approximate surface area is 117 Å². The van der Waals surface area contributed by atoms with Crippen molar-refractivity contribution in [1.29, 1.82) is 0 Å². The molecule has 19 heavy (non-hydrogen) atoms. The summed E-state index contributed by atoms with van der Waals surface area (Å²) in [5, 5.41) is 17.4. The molecular formula is C17H30O2. The first-order valence-electron chi connectivity index (χ1n) is 8.42. The Hall–Kier alpha value is -0.0800. The highest BCUT2D eigenvalue weighted by Crippen LogP contribution is 2.72. The summed E-state index contributed by atoms with van der Waals surface area (Å²) in [5.41, 5.74) is 0.344. The Morgan fingerprint density at radius 2 is 1.58 bits per heavy atom. The van der Waals surface area contributed by atoms with Crippen molar-refractivity contribution in [3.63, 3.8) is 0 Å². The van der Waals surface area contributed by atoms with Gasteiger partial charge in [0.05, 0.1) is 0 Å². The van der Waals surface area contributed by atoms with E-state index in [-0.39, 0.29) is 6.61 Å². The van der Waals surface area contributed by atoms with Crippen molar-refractivity contribution in [3.05, 3.63) is 0 Å². The maximum Gasteiger partial charge on any atom is 0.0490 e. The van der Waals surface area contributed by atoms with E-state index in [2.05, 4.69) is 6.92 Å². The maximum atomic E-state index is 9.83. The first-order chi connectivity index (χ1) is 9.20. The zero-order chi connectivity index (χ0) is 13.6.